The standard InChI is InChI=1S/C16H16N4O/c1-17-16(21)12-7-5-11(6-8-12)9-18-14-4-2-3-13-10-19-20-15(13)14/h2-8,10,18H,9H2,1H3,(H,17,21)(H,19,20). The summed E-state index contributed by atoms with van der Waals surface area (Å²) in [6, 6.07) is 13.6. The molecule has 21 heavy (non-hydrogen) atoms. The van der Waals surface area contributed by atoms with Crippen LogP contribution >= 0.6 is 0 Å². The molecule has 2 aromatic carbocycles. The first kappa shape index (κ1) is 13.2. The first-order chi connectivity index (χ1) is 10.3. The van der Waals surface area contributed by atoms with Crippen molar-refractivity contribution >= 4 is 22.5 Å². The summed E-state index contributed by atoms with van der Waals surface area (Å²) < 4.78 is 0. The second-order valence-corrected chi connectivity index (χ2v) is 4.77. The highest BCUT2D eigenvalue weighted by Crippen LogP contribution is 2.21. The number of hydrogen-bond donors (Lipinski definition) is 3. The van der Waals surface area contributed by atoms with Crippen LogP contribution in [0.2, 0.25) is 0 Å². The zero-order valence-electron chi connectivity index (χ0n) is 11.7. The minimum atomic E-state index is -0.0725. The number of anilines is 1. The summed E-state index contributed by atoms with van der Waals surface area (Å²) in [6.07, 6.45) is 1.80. The SMILES string of the molecule is CNC(=O)c1ccc(CNc2cccc3cn[nH]c23)cc1. The van der Waals surface area contributed by atoms with E-state index < -0.39 is 0 Å². The fourth-order valence-electron chi connectivity index (χ4n) is 2.23. The van der Waals surface area contributed by atoms with Gasteiger partial charge in [-0.3, -0.25) is 9.89 Å². The molecule has 3 aromatic rings. The molecule has 5 heteroatoms. The van der Waals surface area contributed by atoms with Crippen LogP contribution in [0.3, 0.4) is 0 Å². The van der Waals surface area contributed by atoms with E-state index in [2.05, 4.69) is 20.8 Å². The molecule has 1 aromatic heterocycles. The summed E-state index contributed by atoms with van der Waals surface area (Å²) in [6.45, 7) is 0.687. The largest absolute Gasteiger partial charge is 0.379 e. The van der Waals surface area contributed by atoms with Gasteiger partial charge in [-0.1, -0.05) is 24.3 Å². The monoisotopic (exact) mass is 280 g/mol. The van der Waals surface area contributed by atoms with Crippen LogP contribution in [0, 0.1) is 0 Å². The van der Waals surface area contributed by atoms with Gasteiger partial charge in [0.1, 0.15) is 0 Å². The number of carbonyl (C=O) groups excluding carboxylic acids is 1. The van der Waals surface area contributed by atoms with Gasteiger partial charge in [-0.25, -0.2) is 0 Å². The third-order valence-electron chi connectivity index (χ3n) is 3.40. The summed E-state index contributed by atoms with van der Waals surface area (Å²) in [5, 5.41) is 14.1. The highest BCUT2D eigenvalue weighted by molar-refractivity contribution is 5.94. The number of H-pyrrole nitrogens is 1. The Hall–Kier alpha value is -2.82. The lowest BCUT2D eigenvalue weighted by Crippen LogP contribution is -2.17. The molecule has 0 unspecified atom stereocenters. The molecule has 3 rings (SSSR count). The van der Waals surface area contributed by atoms with Crippen molar-refractivity contribution in [2.45, 2.75) is 6.54 Å². The van der Waals surface area contributed by atoms with Crippen molar-refractivity contribution in [2.24, 2.45) is 0 Å². The van der Waals surface area contributed by atoms with E-state index in [0.29, 0.717) is 12.1 Å². The van der Waals surface area contributed by atoms with Crippen LogP contribution in [0.5, 0.6) is 0 Å². The maximum Gasteiger partial charge on any atom is 0.251 e. The van der Waals surface area contributed by atoms with Crippen molar-refractivity contribution in [1.82, 2.24) is 15.5 Å². The Morgan fingerprint density at radius 2 is 2.00 bits per heavy atom. The number of aromatic nitrogens is 2. The number of benzene rings is 2. The molecule has 106 valence electrons. The van der Waals surface area contributed by atoms with Crippen LogP contribution in [-0.4, -0.2) is 23.2 Å². The molecular formula is C16H16N4O. The van der Waals surface area contributed by atoms with Gasteiger partial charge in [0.25, 0.3) is 5.91 Å². The van der Waals surface area contributed by atoms with E-state index in [9.17, 15) is 4.79 Å². The van der Waals surface area contributed by atoms with Crippen LogP contribution in [-0.2, 0) is 6.54 Å². The average molecular weight is 280 g/mol. The van der Waals surface area contributed by atoms with E-state index in [-0.39, 0.29) is 5.91 Å². The molecule has 5 nitrogen and oxygen atoms in total. The quantitative estimate of drug-likeness (QED) is 0.688. The molecule has 3 N–H and O–H groups in total. The minimum Gasteiger partial charge on any atom is -0.379 e. The normalized spacial score (nSPS) is 10.5. The third-order valence-corrected chi connectivity index (χ3v) is 3.40. The molecule has 0 bridgehead atoms. The van der Waals surface area contributed by atoms with Gasteiger partial charge in [0, 0.05) is 24.5 Å². The Labute approximate surface area is 122 Å². The third kappa shape index (κ3) is 2.72. The number of para-hydroxylation sites is 1. The average Bonchev–Trinajstić information content (AvgIpc) is 3.02. The first-order valence-corrected chi connectivity index (χ1v) is 6.75. The Morgan fingerprint density at radius 3 is 2.76 bits per heavy atom. The predicted molar refractivity (Wildman–Crippen MR) is 83.3 cm³/mol. The van der Waals surface area contributed by atoms with Gasteiger partial charge < -0.3 is 10.6 Å². The minimum absolute atomic E-state index is 0.0725. The molecule has 0 saturated heterocycles. The molecule has 1 heterocycles. The Bertz CT molecular complexity index is 761. The van der Waals surface area contributed by atoms with E-state index in [1.165, 1.54) is 0 Å². The van der Waals surface area contributed by atoms with Crippen LogP contribution in [0.4, 0.5) is 5.69 Å². The molecule has 0 aliphatic heterocycles. The van der Waals surface area contributed by atoms with Crippen molar-refractivity contribution in [2.75, 3.05) is 12.4 Å². The van der Waals surface area contributed by atoms with Gasteiger partial charge in [0.15, 0.2) is 0 Å². The molecule has 0 radical (unpaired) electrons. The van der Waals surface area contributed by atoms with Crippen molar-refractivity contribution < 1.29 is 4.79 Å². The number of hydrogen-bond acceptors (Lipinski definition) is 3. The second-order valence-electron chi connectivity index (χ2n) is 4.77. The van der Waals surface area contributed by atoms with E-state index in [1.54, 1.807) is 13.2 Å². The number of amides is 1. The fourth-order valence-corrected chi connectivity index (χ4v) is 2.23. The zero-order chi connectivity index (χ0) is 14.7. The molecule has 0 aliphatic rings. The lowest BCUT2D eigenvalue weighted by molar-refractivity contribution is 0.0963. The molecule has 0 atom stereocenters. The summed E-state index contributed by atoms with van der Waals surface area (Å²) in [4.78, 5) is 11.5. The number of aromatic amines is 1. The van der Waals surface area contributed by atoms with Gasteiger partial charge in [-0.2, -0.15) is 5.10 Å². The van der Waals surface area contributed by atoms with Crippen molar-refractivity contribution in [1.29, 1.82) is 0 Å². The maximum atomic E-state index is 11.5. The van der Waals surface area contributed by atoms with Gasteiger partial charge >= 0.3 is 0 Å². The highest BCUT2D eigenvalue weighted by atomic mass is 16.1. The van der Waals surface area contributed by atoms with Gasteiger partial charge in [-0.05, 0) is 23.8 Å². The Balaban J connectivity index is 1.73. The van der Waals surface area contributed by atoms with Crippen molar-refractivity contribution in [3.05, 3.63) is 59.8 Å². The lowest BCUT2D eigenvalue weighted by atomic mass is 10.1. The van der Waals surface area contributed by atoms with Gasteiger partial charge in [-0.15, -0.1) is 0 Å². The van der Waals surface area contributed by atoms with Crippen LogP contribution in [0.15, 0.2) is 48.7 Å². The number of nitrogens with zero attached hydrogens (tertiary/aromatic N) is 1. The van der Waals surface area contributed by atoms with Gasteiger partial charge in [0.05, 0.1) is 17.4 Å². The smallest absolute Gasteiger partial charge is 0.251 e. The number of nitrogens with one attached hydrogen (secondary N) is 3. The van der Waals surface area contributed by atoms with Crippen LogP contribution in [0.25, 0.3) is 10.9 Å². The summed E-state index contributed by atoms with van der Waals surface area (Å²) in [5.41, 5.74) is 3.79. The first-order valence-electron chi connectivity index (χ1n) is 6.75. The predicted octanol–water partition coefficient (Wildman–Crippen LogP) is 2.53. The van der Waals surface area contributed by atoms with Crippen molar-refractivity contribution in [3.8, 4) is 0 Å². The molecular weight excluding hydrogens is 264 g/mol. The number of rotatable bonds is 4. The van der Waals surface area contributed by atoms with E-state index >= 15 is 0 Å². The molecule has 0 fully saturated rings. The molecule has 1 amide bonds. The Kier molecular flexibility index (Phi) is 3.55. The number of fused-ring (bicyclic) bond motifs is 1. The van der Waals surface area contributed by atoms with E-state index in [1.807, 2.05) is 42.5 Å². The topological polar surface area (TPSA) is 69.8 Å². The molecule has 0 aliphatic carbocycles. The van der Waals surface area contributed by atoms with Crippen molar-refractivity contribution in [3.63, 3.8) is 0 Å². The van der Waals surface area contributed by atoms with Crippen LogP contribution in [0.1, 0.15) is 15.9 Å². The second kappa shape index (κ2) is 5.66. The summed E-state index contributed by atoms with van der Waals surface area (Å²) >= 11 is 0. The highest BCUT2D eigenvalue weighted by Gasteiger charge is 2.04. The van der Waals surface area contributed by atoms with E-state index in [4.69, 9.17) is 0 Å². The maximum absolute atomic E-state index is 11.5. The number of carbonyl (C=O) groups is 1. The lowest BCUT2D eigenvalue weighted by Gasteiger charge is -2.08. The Morgan fingerprint density at radius 1 is 1.19 bits per heavy atom. The van der Waals surface area contributed by atoms with Crippen LogP contribution < -0.4 is 10.6 Å². The summed E-state index contributed by atoms with van der Waals surface area (Å²) in [7, 11) is 1.63. The fraction of sp³-hybridized carbons (Fsp3) is 0.125. The summed E-state index contributed by atoms with van der Waals surface area (Å²) in [5.74, 6) is -0.0725. The zero-order valence-corrected chi connectivity index (χ0v) is 11.7. The molecule has 0 spiro atoms. The van der Waals surface area contributed by atoms with Gasteiger partial charge in [0.2, 0.25) is 0 Å². The molecule has 0 saturated carbocycles. The van der Waals surface area contributed by atoms with E-state index in [0.717, 1.165) is 22.2 Å².